The van der Waals surface area contributed by atoms with Crippen LogP contribution in [0.1, 0.15) is 47.1 Å². The quantitative estimate of drug-likeness (QED) is 0.813. The largest absolute Gasteiger partial charge is 0.464 e. The van der Waals surface area contributed by atoms with Crippen LogP contribution < -0.4 is 0 Å². The van der Waals surface area contributed by atoms with E-state index in [0.29, 0.717) is 12.2 Å². The summed E-state index contributed by atoms with van der Waals surface area (Å²) in [6, 6.07) is 4.60. The number of aryl methyl sites for hydroxylation is 1. The zero-order valence-electron chi connectivity index (χ0n) is 12.6. The van der Waals surface area contributed by atoms with Crippen LogP contribution in [0.2, 0.25) is 0 Å². The highest BCUT2D eigenvalue weighted by Crippen LogP contribution is 2.20. The molecule has 0 spiro atoms. The van der Waals surface area contributed by atoms with Gasteiger partial charge in [0, 0.05) is 0 Å². The fraction of sp³-hybridized carbons (Fsp3) is 0.400. The van der Waals surface area contributed by atoms with Crippen molar-refractivity contribution in [2.75, 3.05) is 7.11 Å². The number of aromatic nitrogens is 3. The molecule has 2 rings (SSSR count). The maximum absolute atomic E-state index is 13.2. The first-order valence-corrected chi connectivity index (χ1v) is 6.70. The van der Waals surface area contributed by atoms with E-state index in [-0.39, 0.29) is 17.4 Å². The highest BCUT2D eigenvalue weighted by Gasteiger charge is 2.22. The normalized spacial score (nSPS) is 11.0. The summed E-state index contributed by atoms with van der Waals surface area (Å²) in [6.07, 6.45) is 0. The molecule has 0 atom stereocenters. The third-order valence-corrected chi connectivity index (χ3v) is 3.32. The molecule has 6 heteroatoms. The zero-order chi connectivity index (χ0) is 15.6. The Morgan fingerprint density at radius 2 is 2.14 bits per heavy atom. The predicted octanol–water partition coefficient (Wildman–Crippen LogP) is 2.68. The minimum Gasteiger partial charge on any atom is -0.464 e. The molecule has 0 saturated carbocycles. The molecule has 0 saturated heterocycles. The molecule has 0 aliphatic carbocycles. The number of benzene rings is 1. The Balaban J connectivity index is 2.40. The Kier molecular flexibility index (Phi) is 4.35. The van der Waals surface area contributed by atoms with Gasteiger partial charge in [-0.15, -0.1) is 5.10 Å². The summed E-state index contributed by atoms with van der Waals surface area (Å²) in [6.45, 7) is 6.19. The van der Waals surface area contributed by atoms with Gasteiger partial charge in [-0.05, 0) is 36.1 Å². The highest BCUT2D eigenvalue weighted by molar-refractivity contribution is 5.88. The van der Waals surface area contributed by atoms with Crippen LogP contribution in [0.5, 0.6) is 0 Å². The second kappa shape index (κ2) is 6.03. The number of hydrogen-bond donors (Lipinski definition) is 0. The summed E-state index contributed by atoms with van der Waals surface area (Å²) >= 11 is 0. The standard InChI is InChI=1S/C15H18FN3O2/c1-9(2)14-13(15(20)21-4)17-18-19(14)8-11-5-6-12(16)7-10(11)3/h5-7,9H,8H2,1-4H3. The second-order valence-corrected chi connectivity index (χ2v) is 5.20. The van der Waals surface area contributed by atoms with Gasteiger partial charge >= 0.3 is 5.97 Å². The Morgan fingerprint density at radius 1 is 1.43 bits per heavy atom. The Hall–Kier alpha value is -2.24. The van der Waals surface area contributed by atoms with Crippen LogP contribution in [0.3, 0.4) is 0 Å². The van der Waals surface area contributed by atoms with E-state index in [2.05, 4.69) is 10.3 Å². The molecule has 1 heterocycles. The van der Waals surface area contributed by atoms with Crippen molar-refractivity contribution >= 4 is 5.97 Å². The topological polar surface area (TPSA) is 57.0 Å². The van der Waals surface area contributed by atoms with Gasteiger partial charge in [0.1, 0.15) is 5.82 Å². The number of methoxy groups -OCH3 is 1. The summed E-state index contributed by atoms with van der Waals surface area (Å²) in [5, 5.41) is 7.95. The summed E-state index contributed by atoms with van der Waals surface area (Å²) < 4.78 is 19.5. The number of hydrogen-bond acceptors (Lipinski definition) is 4. The highest BCUT2D eigenvalue weighted by atomic mass is 19.1. The summed E-state index contributed by atoms with van der Waals surface area (Å²) in [5.41, 5.74) is 2.71. The molecule has 0 aliphatic heterocycles. The van der Waals surface area contributed by atoms with Crippen molar-refractivity contribution in [2.45, 2.75) is 33.2 Å². The van der Waals surface area contributed by atoms with Crippen LogP contribution in [0, 0.1) is 12.7 Å². The molecule has 0 radical (unpaired) electrons. The third-order valence-electron chi connectivity index (χ3n) is 3.32. The second-order valence-electron chi connectivity index (χ2n) is 5.20. The van der Waals surface area contributed by atoms with Crippen LogP contribution in [0.25, 0.3) is 0 Å². The minimum atomic E-state index is -0.499. The first-order chi connectivity index (χ1) is 9.93. The SMILES string of the molecule is COC(=O)c1nnn(Cc2ccc(F)cc2C)c1C(C)C. The van der Waals surface area contributed by atoms with Gasteiger partial charge in [0.2, 0.25) is 0 Å². The van der Waals surface area contributed by atoms with Crippen molar-refractivity contribution < 1.29 is 13.9 Å². The van der Waals surface area contributed by atoms with Gasteiger partial charge in [0.25, 0.3) is 0 Å². The lowest BCUT2D eigenvalue weighted by Gasteiger charge is -2.12. The van der Waals surface area contributed by atoms with E-state index in [4.69, 9.17) is 4.74 Å². The van der Waals surface area contributed by atoms with Gasteiger partial charge in [-0.1, -0.05) is 25.1 Å². The molecular formula is C15H18FN3O2. The molecule has 5 nitrogen and oxygen atoms in total. The van der Waals surface area contributed by atoms with E-state index in [1.807, 2.05) is 20.8 Å². The zero-order valence-corrected chi connectivity index (χ0v) is 12.6. The van der Waals surface area contributed by atoms with E-state index in [9.17, 15) is 9.18 Å². The van der Waals surface area contributed by atoms with E-state index in [1.165, 1.54) is 19.2 Å². The molecule has 0 fully saturated rings. The molecule has 112 valence electrons. The molecule has 2 aromatic rings. The summed E-state index contributed by atoms with van der Waals surface area (Å²) in [7, 11) is 1.32. The fourth-order valence-corrected chi connectivity index (χ4v) is 2.25. The molecular weight excluding hydrogens is 273 g/mol. The summed E-state index contributed by atoms with van der Waals surface area (Å²) in [5.74, 6) is -0.704. The van der Waals surface area contributed by atoms with Crippen molar-refractivity contribution in [3.63, 3.8) is 0 Å². The Labute approximate surface area is 122 Å². The first kappa shape index (κ1) is 15.2. The lowest BCUT2D eigenvalue weighted by atomic mass is 10.1. The molecule has 0 amide bonds. The van der Waals surface area contributed by atoms with Crippen molar-refractivity contribution in [2.24, 2.45) is 0 Å². The lowest BCUT2D eigenvalue weighted by Crippen LogP contribution is -2.12. The average molecular weight is 291 g/mol. The number of rotatable bonds is 4. The van der Waals surface area contributed by atoms with Crippen LogP contribution in [-0.4, -0.2) is 28.1 Å². The molecule has 1 aromatic carbocycles. The van der Waals surface area contributed by atoms with Crippen molar-refractivity contribution in [1.29, 1.82) is 0 Å². The van der Waals surface area contributed by atoms with Crippen molar-refractivity contribution in [3.8, 4) is 0 Å². The van der Waals surface area contributed by atoms with Gasteiger partial charge in [-0.25, -0.2) is 13.9 Å². The Morgan fingerprint density at radius 3 is 2.71 bits per heavy atom. The van der Waals surface area contributed by atoms with Crippen molar-refractivity contribution in [3.05, 3.63) is 46.5 Å². The molecule has 21 heavy (non-hydrogen) atoms. The van der Waals surface area contributed by atoms with Crippen LogP contribution in [0.4, 0.5) is 4.39 Å². The van der Waals surface area contributed by atoms with Gasteiger partial charge < -0.3 is 4.74 Å². The van der Waals surface area contributed by atoms with E-state index >= 15 is 0 Å². The fourth-order valence-electron chi connectivity index (χ4n) is 2.25. The number of esters is 1. The Bertz CT molecular complexity index is 665. The average Bonchev–Trinajstić information content (AvgIpc) is 2.85. The van der Waals surface area contributed by atoms with Gasteiger partial charge in [-0.3, -0.25) is 0 Å². The number of carbonyl (C=O) groups excluding carboxylic acids is 1. The number of carbonyl (C=O) groups is 1. The van der Waals surface area contributed by atoms with Gasteiger partial charge in [-0.2, -0.15) is 0 Å². The smallest absolute Gasteiger partial charge is 0.360 e. The molecule has 0 unspecified atom stereocenters. The van der Waals surface area contributed by atoms with Gasteiger partial charge in [0.15, 0.2) is 5.69 Å². The van der Waals surface area contributed by atoms with Crippen molar-refractivity contribution in [1.82, 2.24) is 15.0 Å². The first-order valence-electron chi connectivity index (χ1n) is 6.70. The van der Waals surface area contributed by atoms with Crippen LogP contribution in [-0.2, 0) is 11.3 Å². The van der Waals surface area contributed by atoms with Crippen LogP contribution >= 0.6 is 0 Å². The monoisotopic (exact) mass is 291 g/mol. The number of ether oxygens (including phenoxy) is 1. The molecule has 0 N–H and O–H groups in total. The minimum absolute atomic E-state index is 0.0647. The number of nitrogens with zero attached hydrogens (tertiary/aromatic N) is 3. The molecule has 0 bridgehead atoms. The van der Waals surface area contributed by atoms with Crippen LogP contribution in [0.15, 0.2) is 18.2 Å². The van der Waals surface area contributed by atoms with E-state index in [0.717, 1.165) is 11.1 Å². The van der Waals surface area contributed by atoms with E-state index < -0.39 is 5.97 Å². The maximum Gasteiger partial charge on any atom is 0.360 e. The maximum atomic E-state index is 13.2. The molecule has 1 aromatic heterocycles. The number of halogens is 1. The lowest BCUT2D eigenvalue weighted by molar-refractivity contribution is 0.0592. The third kappa shape index (κ3) is 3.09. The van der Waals surface area contributed by atoms with E-state index in [1.54, 1.807) is 10.7 Å². The molecule has 0 aliphatic rings. The summed E-state index contributed by atoms with van der Waals surface area (Å²) in [4.78, 5) is 11.7. The van der Waals surface area contributed by atoms with Gasteiger partial charge in [0.05, 0.1) is 19.3 Å². The predicted molar refractivity (Wildman–Crippen MR) is 75.7 cm³/mol.